The molecule has 0 heterocycles. The van der Waals surface area contributed by atoms with Crippen molar-refractivity contribution in [3.63, 3.8) is 0 Å². The second-order valence-corrected chi connectivity index (χ2v) is 5.50. The van der Waals surface area contributed by atoms with Crippen molar-refractivity contribution >= 4 is 17.3 Å². The van der Waals surface area contributed by atoms with Crippen molar-refractivity contribution < 1.29 is 24.4 Å². The van der Waals surface area contributed by atoms with Crippen molar-refractivity contribution in [1.82, 2.24) is 0 Å². The van der Waals surface area contributed by atoms with E-state index in [9.17, 15) is 25.0 Å². The van der Waals surface area contributed by atoms with Gasteiger partial charge in [-0.1, -0.05) is 30.3 Å². The molecule has 0 saturated carbocycles. The SMILES string of the molecule is O=C(OOc1ccccc1-c1c([N+](=O)[O-])cccc1[N+](=O)[O-])c1ccccc1. The Kier molecular flexibility index (Phi) is 5.26. The Bertz CT molecular complexity index is 1020. The fourth-order valence-corrected chi connectivity index (χ4v) is 2.56. The number of nitrogens with zero attached hydrogens (tertiary/aromatic N) is 2. The number of benzene rings is 3. The minimum Gasteiger partial charge on any atom is -0.286 e. The third-order valence-corrected chi connectivity index (χ3v) is 3.79. The van der Waals surface area contributed by atoms with Crippen LogP contribution in [0.15, 0.2) is 72.8 Å². The highest BCUT2D eigenvalue weighted by molar-refractivity contribution is 5.89. The lowest BCUT2D eigenvalue weighted by Crippen LogP contribution is -2.09. The van der Waals surface area contributed by atoms with Crippen molar-refractivity contribution in [3.05, 3.63) is 98.6 Å². The molecule has 0 fully saturated rings. The Morgan fingerprint density at radius 1 is 0.750 bits per heavy atom. The molecule has 9 heteroatoms. The molecule has 0 atom stereocenters. The molecule has 0 radical (unpaired) electrons. The molecule has 0 aliphatic rings. The number of hydrogen-bond acceptors (Lipinski definition) is 7. The van der Waals surface area contributed by atoms with Gasteiger partial charge in [0.2, 0.25) is 0 Å². The molecule has 0 saturated heterocycles. The number of carbonyl (C=O) groups is 1. The van der Waals surface area contributed by atoms with E-state index >= 15 is 0 Å². The van der Waals surface area contributed by atoms with Gasteiger partial charge in [-0.3, -0.25) is 25.1 Å². The molecule has 28 heavy (non-hydrogen) atoms. The number of carbonyl (C=O) groups excluding carboxylic acids is 1. The Balaban J connectivity index is 2.01. The lowest BCUT2D eigenvalue weighted by Gasteiger charge is -2.10. The quantitative estimate of drug-likeness (QED) is 0.354. The van der Waals surface area contributed by atoms with E-state index in [0.717, 1.165) is 12.1 Å². The van der Waals surface area contributed by atoms with Gasteiger partial charge in [0.15, 0.2) is 5.75 Å². The van der Waals surface area contributed by atoms with Gasteiger partial charge in [0.05, 0.1) is 15.4 Å². The molecular formula is C19H12N2O7. The van der Waals surface area contributed by atoms with Crippen molar-refractivity contribution in [2.24, 2.45) is 0 Å². The average molecular weight is 380 g/mol. The van der Waals surface area contributed by atoms with Gasteiger partial charge >= 0.3 is 5.97 Å². The molecule has 3 aromatic rings. The first-order chi connectivity index (χ1) is 13.5. The van der Waals surface area contributed by atoms with Crippen molar-refractivity contribution in [3.8, 4) is 16.9 Å². The van der Waals surface area contributed by atoms with E-state index < -0.39 is 27.2 Å². The number of hydrogen-bond donors (Lipinski definition) is 0. The van der Waals surface area contributed by atoms with E-state index in [1.807, 2.05) is 0 Å². The first kappa shape index (κ1) is 18.5. The predicted octanol–water partition coefficient (Wildman–Crippen LogP) is 4.32. The summed E-state index contributed by atoms with van der Waals surface area (Å²) in [5.41, 5.74) is -0.915. The predicted molar refractivity (Wildman–Crippen MR) is 97.7 cm³/mol. The minimum atomic E-state index is -0.785. The summed E-state index contributed by atoms with van der Waals surface area (Å²) < 4.78 is 0. The maximum absolute atomic E-state index is 12.1. The largest absolute Gasteiger partial charge is 0.386 e. The second kappa shape index (κ2) is 7.96. The van der Waals surface area contributed by atoms with Crippen molar-refractivity contribution in [2.75, 3.05) is 0 Å². The summed E-state index contributed by atoms with van der Waals surface area (Å²) in [7, 11) is 0. The molecule has 140 valence electrons. The maximum Gasteiger partial charge on any atom is 0.386 e. The molecule has 3 aromatic carbocycles. The van der Waals surface area contributed by atoms with Crippen LogP contribution in [0.2, 0.25) is 0 Å². The highest BCUT2D eigenvalue weighted by Gasteiger charge is 2.28. The van der Waals surface area contributed by atoms with Crippen molar-refractivity contribution in [1.29, 1.82) is 0 Å². The third kappa shape index (κ3) is 3.78. The lowest BCUT2D eigenvalue weighted by molar-refractivity contribution is -0.392. The van der Waals surface area contributed by atoms with Crippen LogP contribution in [0.25, 0.3) is 11.1 Å². The van der Waals surface area contributed by atoms with Crippen LogP contribution in [0, 0.1) is 20.2 Å². The summed E-state index contributed by atoms with van der Waals surface area (Å²) in [6.45, 7) is 0. The van der Waals surface area contributed by atoms with E-state index in [1.54, 1.807) is 18.2 Å². The first-order valence-electron chi connectivity index (χ1n) is 7.94. The maximum atomic E-state index is 12.1. The summed E-state index contributed by atoms with van der Waals surface area (Å²) in [4.78, 5) is 43.3. The Labute approximate surface area is 158 Å². The zero-order valence-electron chi connectivity index (χ0n) is 14.2. The van der Waals surface area contributed by atoms with Crippen LogP contribution in [0.1, 0.15) is 10.4 Å². The summed E-state index contributed by atoms with van der Waals surface area (Å²) in [6, 6.07) is 17.4. The number of nitro benzene ring substituents is 2. The van der Waals surface area contributed by atoms with E-state index in [-0.39, 0.29) is 22.4 Å². The van der Waals surface area contributed by atoms with Gasteiger partial charge in [-0.15, -0.1) is 0 Å². The van der Waals surface area contributed by atoms with Crippen LogP contribution < -0.4 is 4.89 Å². The molecule has 0 spiro atoms. The van der Waals surface area contributed by atoms with Crippen LogP contribution in [0.5, 0.6) is 5.75 Å². The molecule has 0 unspecified atom stereocenters. The van der Waals surface area contributed by atoms with E-state index in [4.69, 9.17) is 9.78 Å². The van der Waals surface area contributed by atoms with Crippen LogP contribution >= 0.6 is 0 Å². The Morgan fingerprint density at radius 3 is 1.93 bits per heavy atom. The van der Waals surface area contributed by atoms with Crippen LogP contribution in [0.4, 0.5) is 11.4 Å². The van der Waals surface area contributed by atoms with Gasteiger partial charge in [-0.05, 0) is 30.3 Å². The third-order valence-electron chi connectivity index (χ3n) is 3.79. The zero-order valence-corrected chi connectivity index (χ0v) is 14.2. The molecule has 0 aromatic heterocycles. The highest BCUT2D eigenvalue weighted by atomic mass is 17.2. The molecule has 0 amide bonds. The molecular weight excluding hydrogens is 368 g/mol. The second-order valence-electron chi connectivity index (χ2n) is 5.50. The molecule has 0 N–H and O–H groups in total. The van der Waals surface area contributed by atoms with E-state index in [0.29, 0.717) is 0 Å². The molecule has 9 nitrogen and oxygen atoms in total. The summed E-state index contributed by atoms with van der Waals surface area (Å²) in [5, 5.41) is 22.8. The summed E-state index contributed by atoms with van der Waals surface area (Å²) >= 11 is 0. The summed E-state index contributed by atoms with van der Waals surface area (Å²) in [6.07, 6.45) is 0. The van der Waals surface area contributed by atoms with Crippen LogP contribution in [0.3, 0.4) is 0 Å². The van der Waals surface area contributed by atoms with Gasteiger partial charge in [-0.25, -0.2) is 9.68 Å². The van der Waals surface area contributed by atoms with Crippen LogP contribution in [-0.2, 0) is 4.89 Å². The zero-order chi connectivity index (χ0) is 20.1. The van der Waals surface area contributed by atoms with Gasteiger partial charge in [0.25, 0.3) is 11.4 Å². The highest BCUT2D eigenvalue weighted by Crippen LogP contribution is 2.42. The van der Waals surface area contributed by atoms with Gasteiger partial charge < -0.3 is 0 Å². The lowest BCUT2D eigenvalue weighted by atomic mass is 10.0. The van der Waals surface area contributed by atoms with Crippen LogP contribution in [-0.4, -0.2) is 15.8 Å². The van der Waals surface area contributed by atoms with Gasteiger partial charge in [0, 0.05) is 17.7 Å². The first-order valence-corrected chi connectivity index (χ1v) is 7.94. The number of rotatable bonds is 6. The van der Waals surface area contributed by atoms with Gasteiger partial charge in [-0.2, -0.15) is 0 Å². The fourth-order valence-electron chi connectivity index (χ4n) is 2.56. The number of para-hydroxylation sites is 1. The minimum absolute atomic E-state index is 0.0439. The molecule has 0 bridgehead atoms. The molecule has 0 aliphatic carbocycles. The molecule has 0 aliphatic heterocycles. The van der Waals surface area contributed by atoms with E-state index in [2.05, 4.69) is 0 Å². The monoisotopic (exact) mass is 380 g/mol. The van der Waals surface area contributed by atoms with E-state index in [1.165, 1.54) is 42.5 Å². The Morgan fingerprint density at radius 2 is 1.32 bits per heavy atom. The number of nitro groups is 2. The topological polar surface area (TPSA) is 122 Å². The van der Waals surface area contributed by atoms with Crippen molar-refractivity contribution in [2.45, 2.75) is 0 Å². The Hall–Kier alpha value is -4.27. The average Bonchev–Trinajstić information content (AvgIpc) is 2.72. The summed E-state index contributed by atoms with van der Waals surface area (Å²) in [5.74, 6) is -0.864. The standard InChI is InChI=1S/C19H12N2O7/c22-19(13-7-2-1-3-8-13)28-27-17-12-5-4-9-14(17)18-15(20(23)24)10-6-11-16(18)21(25)26/h1-12H. The normalized spacial score (nSPS) is 10.1. The smallest absolute Gasteiger partial charge is 0.286 e. The fraction of sp³-hybridized carbons (Fsp3) is 0. The van der Waals surface area contributed by atoms with Gasteiger partial charge in [0.1, 0.15) is 5.56 Å². The molecule has 3 rings (SSSR count).